The van der Waals surface area contributed by atoms with E-state index in [1.165, 1.54) is 6.42 Å². The van der Waals surface area contributed by atoms with Crippen LogP contribution in [0.2, 0.25) is 5.02 Å². The van der Waals surface area contributed by atoms with E-state index < -0.39 is 0 Å². The van der Waals surface area contributed by atoms with Gasteiger partial charge in [-0.05, 0) is 50.3 Å². The number of halogens is 1. The van der Waals surface area contributed by atoms with E-state index >= 15 is 0 Å². The Bertz CT molecular complexity index is 768. The van der Waals surface area contributed by atoms with Gasteiger partial charge in [0.15, 0.2) is 0 Å². The Hall–Kier alpha value is -1.67. The van der Waals surface area contributed by atoms with Crippen LogP contribution in [0.15, 0.2) is 24.3 Å². The van der Waals surface area contributed by atoms with E-state index in [1.54, 1.807) is 0 Å². The zero-order chi connectivity index (χ0) is 21.1. The van der Waals surface area contributed by atoms with Crippen molar-refractivity contribution in [2.45, 2.75) is 50.7 Å². The molecule has 0 aliphatic carbocycles. The summed E-state index contributed by atoms with van der Waals surface area (Å²) in [7, 11) is 0. The van der Waals surface area contributed by atoms with E-state index in [1.807, 2.05) is 34.1 Å². The molecule has 164 valence electrons. The number of amides is 2. The van der Waals surface area contributed by atoms with E-state index in [4.69, 9.17) is 11.6 Å². The molecule has 0 saturated carbocycles. The summed E-state index contributed by atoms with van der Waals surface area (Å²) in [4.78, 5) is 31.8. The fraction of sp³-hybridized carbons (Fsp3) is 0.636. The molecule has 1 aromatic carbocycles. The van der Waals surface area contributed by atoms with Crippen molar-refractivity contribution in [1.82, 2.24) is 25.6 Å². The van der Waals surface area contributed by atoms with Crippen molar-refractivity contribution in [3.8, 4) is 0 Å². The van der Waals surface area contributed by atoms with Crippen molar-refractivity contribution in [1.29, 1.82) is 0 Å². The monoisotopic (exact) mass is 433 g/mol. The molecule has 3 saturated heterocycles. The number of hydrazine groups is 1. The maximum absolute atomic E-state index is 13.0. The van der Waals surface area contributed by atoms with E-state index in [9.17, 15) is 9.59 Å². The number of hydrogen-bond donors (Lipinski definition) is 2. The largest absolute Gasteiger partial charge is 0.339 e. The molecule has 0 spiro atoms. The number of nitrogens with zero attached hydrogens (tertiary/aromatic N) is 3. The fourth-order valence-corrected chi connectivity index (χ4v) is 4.96. The van der Waals surface area contributed by atoms with Crippen molar-refractivity contribution < 1.29 is 9.59 Å². The maximum Gasteiger partial charge on any atom is 0.241 e. The summed E-state index contributed by atoms with van der Waals surface area (Å²) in [5, 5.41) is 0.702. The van der Waals surface area contributed by atoms with Crippen molar-refractivity contribution in [3.63, 3.8) is 0 Å². The summed E-state index contributed by atoms with van der Waals surface area (Å²) in [5.74, 6) is 0.357. The summed E-state index contributed by atoms with van der Waals surface area (Å²) in [6.07, 6.45) is 4.13. The van der Waals surface area contributed by atoms with Crippen LogP contribution >= 0.6 is 11.6 Å². The second kappa shape index (κ2) is 9.64. The molecule has 0 bridgehead atoms. The van der Waals surface area contributed by atoms with E-state index in [0.29, 0.717) is 37.1 Å². The van der Waals surface area contributed by atoms with Crippen molar-refractivity contribution >= 4 is 23.4 Å². The first-order valence-electron chi connectivity index (χ1n) is 11.1. The first-order valence-corrected chi connectivity index (χ1v) is 11.5. The number of benzene rings is 1. The van der Waals surface area contributed by atoms with Gasteiger partial charge in [0.2, 0.25) is 11.8 Å². The molecule has 3 atom stereocenters. The van der Waals surface area contributed by atoms with Crippen LogP contribution in [-0.2, 0) is 9.59 Å². The summed E-state index contributed by atoms with van der Waals surface area (Å²) in [5.41, 5.74) is 7.47. The lowest BCUT2D eigenvalue weighted by atomic mass is 10.0. The third-order valence-corrected chi connectivity index (χ3v) is 6.85. The lowest BCUT2D eigenvalue weighted by Gasteiger charge is -2.38. The second-order valence-electron chi connectivity index (χ2n) is 8.72. The molecule has 4 rings (SSSR count). The standard InChI is InChI=1S/C22H32ClN5O2/c1-16-5-2-3-8-28(16)21(29)15-26-9-11-27(12-10-26)22(30)20-14-19(24-25-20)17-6-4-7-18(23)13-17/h4,6-7,13,16,19-20,24-25H,2-3,5,8-12,14-15H2,1H3. The Kier molecular flexibility index (Phi) is 6.93. The first-order chi connectivity index (χ1) is 14.5. The van der Waals surface area contributed by atoms with Crippen LogP contribution in [0.1, 0.15) is 44.2 Å². The molecule has 0 radical (unpaired) electrons. The average molecular weight is 434 g/mol. The van der Waals surface area contributed by atoms with E-state index in [-0.39, 0.29) is 23.9 Å². The van der Waals surface area contributed by atoms with E-state index in [0.717, 1.165) is 38.0 Å². The van der Waals surface area contributed by atoms with Crippen LogP contribution in [0.25, 0.3) is 0 Å². The maximum atomic E-state index is 13.0. The van der Waals surface area contributed by atoms with Gasteiger partial charge in [-0.1, -0.05) is 23.7 Å². The molecule has 1 aromatic rings. The van der Waals surface area contributed by atoms with Gasteiger partial charge in [0.05, 0.1) is 6.54 Å². The van der Waals surface area contributed by atoms with E-state index in [2.05, 4.69) is 22.7 Å². The predicted molar refractivity (Wildman–Crippen MR) is 117 cm³/mol. The Morgan fingerprint density at radius 2 is 1.90 bits per heavy atom. The second-order valence-corrected chi connectivity index (χ2v) is 9.15. The minimum Gasteiger partial charge on any atom is -0.339 e. The van der Waals surface area contributed by atoms with Crippen molar-refractivity contribution in [2.75, 3.05) is 39.3 Å². The third kappa shape index (κ3) is 4.97. The number of nitrogens with one attached hydrogen (secondary N) is 2. The van der Waals surface area contributed by atoms with Gasteiger partial charge in [0, 0.05) is 49.8 Å². The van der Waals surface area contributed by atoms with Gasteiger partial charge in [-0.25, -0.2) is 10.9 Å². The molecular formula is C22H32ClN5O2. The highest BCUT2D eigenvalue weighted by Crippen LogP contribution is 2.25. The number of piperidine rings is 1. The lowest BCUT2D eigenvalue weighted by Crippen LogP contribution is -2.55. The topological polar surface area (TPSA) is 67.9 Å². The van der Waals surface area contributed by atoms with Crippen molar-refractivity contribution in [2.24, 2.45) is 0 Å². The van der Waals surface area contributed by atoms with Gasteiger partial charge in [-0.2, -0.15) is 0 Å². The zero-order valence-electron chi connectivity index (χ0n) is 17.6. The predicted octanol–water partition coefficient (Wildman–Crippen LogP) is 1.79. The SMILES string of the molecule is CC1CCCCN1C(=O)CN1CCN(C(=O)C2CC(c3cccc(Cl)c3)NN2)CC1. The van der Waals surface area contributed by atoms with Gasteiger partial charge in [0.25, 0.3) is 0 Å². The number of likely N-dealkylation sites (tertiary alicyclic amines) is 1. The van der Waals surface area contributed by atoms with Crippen LogP contribution in [0, 0.1) is 0 Å². The van der Waals surface area contributed by atoms with Gasteiger partial charge >= 0.3 is 0 Å². The highest BCUT2D eigenvalue weighted by atomic mass is 35.5. The Balaban J connectivity index is 1.24. The van der Waals surface area contributed by atoms with Gasteiger partial charge < -0.3 is 9.80 Å². The summed E-state index contributed by atoms with van der Waals surface area (Å²) in [6, 6.07) is 7.93. The number of hydrogen-bond acceptors (Lipinski definition) is 5. The molecule has 3 aliphatic heterocycles. The number of piperazine rings is 1. The molecule has 8 heteroatoms. The lowest BCUT2D eigenvalue weighted by molar-refractivity contribution is -0.137. The van der Waals surface area contributed by atoms with Gasteiger partial charge in [0.1, 0.15) is 6.04 Å². The molecular weight excluding hydrogens is 402 g/mol. The average Bonchev–Trinajstić information content (AvgIpc) is 3.24. The molecule has 3 unspecified atom stereocenters. The zero-order valence-corrected chi connectivity index (χ0v) is 18.4. The Morgan fingerprint density at radius 3 is 2.63 bits per heavy atom. The molecule has 3 aliphatic rings. The number of rotatable bonds is 4. The van der Waals surface area contributed by atoms with Gasteiger partial charge in [-0.3, -0.25) is 14.5 Å². The van der Waals surface area contributed by atoms with Crippen LogP contribution in [-0.4, -0.2) is 77.9 Å². The first kappa shape index (κ1) is 21.6. The van der Waals surface area contributed by atoms with Crippen LogP contribution in [0.4, 0.5) is 0 Å². The smallest absolute Gasteiger partial charge is 0.241 e. The minimum absolute atomic E-state index is 0.0723. The highest BCUT2D eigenvalue weighted by molar-refractivity contribution is 6.30. The van der Waals surface area contributed by atoms with Gasteiger partial charge in [-0.15, -0.1) is 0 Å². The quantitative estimate of drug-likeness (QED) is 0.757. The molecule has 2 amide bonds. The molecule has 2 N–H and O–H groups in total. The summed E-state index contributed by atoms with van der Waals surface area (Å²) >= 11 is 6.10. The summed E-state index contributed by atoms with van der Waals surface area (Å²) < 4.78 is 0. The molecule has 7 nitrogen and oxygen atoms in total. The van der Waals surface area contributed by atoms with Crippen LogP contribution in [0.5, 0.6) is 0 Å². The van der Waals surface area contributed by atoms with Crippen molar-refractivity contribution in [3.05, 3.63) is 34.9 Å². The fourth-order valence-electron chi connectivity index (χ4n) is 4.76. The summed E-state index contributed by atoms with van der Waals surface area (Å²) in [6.45, 7) is 6.32. The minimum atomic E-state index is -0.239. The number of carbonyl (C=O) groups excluding carboxylic acids is 2. The molecule has 3 heterocycles. The Labute approximate surface area is 183 Å². The molecule has 0 aromatic heterocycles. The Morgan fingerprint density at radius 1 is 1.10 bits per heavy atom. The normalized spacial score (nSPS) is 28.0. The molecule has 3 fully saturated rings. The molecule has 30 heavy (non-hydrogen) atoms. The number of carbonyl (C=O) groups is 2. The van der Waals surface area contributed by atoms with Crippen LogP contribution < -0.4 is 10.9 Å². The third-order valence-electron chi connectivity index (χ3n) is 6.62. The highest BCUT2D eigenvalue weighted by Gasteiger charge is 2.34. The van der Waals surface area contributed by atoms with Crippen LogP contribution in [0.3, 0.4) is 0 Å².